The number of alkyl halides is 3. The van der Waals surface area contributed by atoms with E-state index in [-0.39, 0.29) is 21.7 Å². The fourth-order valence-electron chi connectivity index (χ4n) is 2.20. The molecule has 0 spiro atoms. The van der Waals surface area contributed by atoms with Gasteiger partial charge in [-0.15, -0.1) is 0 Å². The van der Waals surface area contributed by atoms with E-state index in [4.69, 9.17) is 16.3 Å². The van der Waals surface area contributed by atoms with Gasteiger partial charge in [0.15, 0.2) is 11.5 Å². The molecule has 0 bridgehead atoms. The highest BCUT2D eigenvalue weighted by atomic mass is 35.5. The van der Waals surface area contributed by atoms with Crippen molar-refractivity contribution in [1.82, 2.24) is 9.97 Å². The second-order valence-electron chi connectivity index (χ2n) is 4.76. The molecule has 3 nitrogen and oxygen atoms in total. The van der Waals surface area contributed by atoms with Gasteiger partial charge in [0.25, 0.3) is 0 Å². The molecule has 3 rings (SSSR count). The zero-order valence-electron chi connectivity index (χ0n) is 11.9. The number of halogens is 4. The van der Waals surface area contributed by atoms with Gasteiger partial charge in [-0.25, -0.2) is 9.97 Å². The maximum Gasteiger partial charge on any atom is 0.434 e. The van der Waals surface area contributed by atoms with Crippen molar-refractivity contribution in [2.24, 2.45) is 0 Å². The van der Waals surface area contributed by atoms with E-state index in [9.17, 15) is 13.2 Å². The normalized spacial score (nSPS) is 11.7. The molecule has 0 N–H and O–H groups in total. The third kappa shape index (κ3) is 2.94. The van der Waals surface area contributed by atoms with Crippen LogP contribution in [-0.4, -0.2) is 17.1 Å². The molecule has 0 saturated heterocycles. The maximum atomic E-state index is 13.3. The minimum Gasteiger partial charge on any atom is -0.497 e. The van der Waals surface area contributed by atoms with Crippen LogP contribution >= 0.6 is 11.6 Å². The van der Waals surface area contributed by atoms with Crippen LogP contribution in [0.2, 0.25) is 5.02 Å². The molecule has 0 aliphatic carbocycles. The highest BCUT2D eigenvalue weighted by Gasteiger charge is 2.35. The van der Waals surface area contributed by atoms with Crippen molar-refractivity contribution in [3.05, 3.63) is 53.2 Å². The minimum atomic E-state index is -4.60. The van der Waals surface area contributed by atoms with Gasteiger partial charge in [-0.3, -0.25) is 0 Å². The van der Waals surface area contributed by atoms with E-state index < -0.39 is 11.9 Å². The van der Waals surface area contributed by atoms with Gasteiger partial charge in [-0.2, -0.15) is 13.2 Å². The molecule has 0 amide bonds. The molecule has 0 aliphatic rings. The molecule has 0 fully saturated rings. The zero-order valence-corrected chi connectivity index (χ0v) is 12.6. The van der Waals surface area contributed by atoms with Gasteiger partial charge in [0, 0.05) is 10.9 Å². The molecular weight excluding hydrogens is 329 g/mol. The van der Waals surface area contributed by atoms with Gasteiger partial charge >= 0.3 is 6.18 Å². The van der Waals surface area contributed by atoms with Crippen molar-refractivity contribution < 1.29 is 17.9 Å². The lowest BCUT2D eigenvalue weighted by atomic mass is 10.1. The van der Waals surface area contributed by atoms with Crippen LogP contribution in [0.1, 0.15) is 5.69 Å². The largest absolute Gasteiger partial charge is 0.497 e. The Morgan fingerprint density at radius 3 is 2.30 bits per heavy atom. The number of methoxy groups -OCH3 is 1. The van der Waals surface area contributed by atoms with Gasteiger partial charge in [0.1, 0.15) is 5.75 Å². The highest BCUT2D eigenvalue weighted by molar-refractivity contribution is 6.35. The Labute approximate surface area is 134 Å². The monoisotopic (exact) mass is 338 g/mol. The fraction of sp³-hybridized carbons (Fsp3) is 0.125. The Balaban J connectivity index is 2.27. The summed E-state index contributed by atoms with van der Waals surface area (Å²) in [5.41, 5.74) is -0.490. The van der Waals surface area contributed by atoms with Crippen LogP contribution in [0.3, 0.4) is 0 Å². The van der Waals surface area contributed by atoms with Gasteiger partial charge in [-0.1, -0.05) is 23.7 Å². The average molecular weight is 339 g/mol. The summed E-state index contributed by atoms with van der Waals surface area (Å²) in [5.74, 6) is 0.546. The zero-order chi connectivity index (χ0) is 16.6. The van der Waals surface area contributed by atoms with E-state index >= 15 is 0 Å². The summed E-state index contributed by atoms with van der Waals surface area (Å²) in [6.07, 6.45) is -4.60. The van der Waals surface area contributed by atoms with Crippen molar-refractivity contribution in [1.29, 1.82) is 0 Å². The molecule has 0 aliphatic heterocycles. The summed E-state index contributed by atoms with van der Waals surface area (Å²) in [5, 5.41) is 0.0208. The van der Waals surface area contributed by atoms with Crippen LogP contribution in [0.5, 0.6) is 5.75 Å². The third-order valence-corrected chi connectivity index (χ3v) is 3.60. The predicted molar refractivity (Wildman–Crippen MR) is 81.5 cm³/mol. The predicted octanol–water partition coefficient (Wildman–Crippen LogP) is 4.98. The standard InChI is InChI=1S/C16H10ClF3N2O/c1-23-10-7-5-9(6-8-10)15-21-13-11(3-2-4-12(13)17)14(22-15)16(18,19)20/h2-8H,1H3. The molecule has 0 atom stereocenters. The highest BCUT2D eigenvalue weighted by Crippen LogP contribution is 2.36. The molecule has 7 heteroatoms. The number of fused-ring (bicyclic) bond motifs is 1. The molecule has 0 radical (unpaired) electrons. The van der Waals surface area contributed by atoms with Crippen molar-refractivity contribution in [2.75, 3.05) is 7.11 Å². The minimum absolute atomic E-state index is 0.0411. The van der Waals surface area contributed by atoms with E-state index in [0.717, 1.165) is 0 Å². The van der Waals surface area contributed by atoms with Gasteiger partial charge < -0.3 is 4.74 Å². The number of ether oxygens (including phenoxy) is 1. The maximum absolute atomic E-state index is 13.3. The van der Waals surface area contributed by atoms with E-state index in [1.165, 1.54) is 25.3 Å². The van der Waals surface area contributed by atoms with Crippen molar-refractivity contribution in [3.63, 3.8) is 0 Å². The summed E-state index contributed by atoms with van der Waals surface area (Å²) < 4.78 is 45.0. The lowest BCUT2D eigenvalue weighted by Gasteiger charge is -2.12. The Morgan fingerprint density at radius 1 is 1.00 bits per heavy atom. The second kappa shape index (κ2) is 5.70. The number of aromatic nitrogens is 2. The SMILES string of the molecule is COc1ccc(-c2nc(C(F)(F)F)c3cccc(Cl)c3n2)cc1. The van der Waals surface area contributed by atoms with Crippen molar-refractivity contribution in [2.45, 2.75) is 6.18 Å². The molecule has 1 heterocycles. The van der Waals surface area contributed by atoms with E-state index in [1.54, 1.807) is 24.3 Å². The van der Waals surface area contributed by atoms with Gasteiger partial charge in [0.2, 0.25) is 0 Å². The van der Waals surface area contributed by atoms with E-state index in [2.05, 4.69) is 9.97 Å². The summed E-state index contributed by atoms with van der Waals surface area (Å²) >= 11 is 6.01. The molecule has 2 aromatic carbocycles. The first-order valence-electron chi connectivity index (χ1n) is 6.58. The number of benzene rings is 2. The van der Waals surface area contributed by atoms with Crippen LogP contribution in [0.4, 0.5) is 13.2 Å². The molecule has 0 unspecified atom stereocenters. The topological polar surface area (TPSA) is 35.0 Å². The lowest BCUT2D eigenvalue weighted by Crippen LogP contribution is -2.11. The van der Waals surface area contributed by atoms with E-state index in [1.807, 2.05) is 0 Å². The molecule has 0 saturated carbocycles. The van der Waals surface area contributed by atoms with Crippen molar-refractivity contribution in [3.8, 4) is 17.1 Å². The van der Waals surface area contributed by atoms with Crippen molar-refractivity contribution >= 4 is 22.5 Å². The quantitative estimate of drug-likeness (QED) is 0.661. The number of hydrogen-bond acceptors (Lipinski definition) is 3. The summed E-state index contributed by atoms with van der Waals surface area (Å²) in [6, 6.07) is 10.7. The lowest BCUT2D eigenvalue weighted by molar-refractivity contribution is -0.139. The fourth-order valence-corrected chi connectivity index (χ4v) is 2.42. The molecule has 3 aromatic rings. The number of hydrogen-bond donors (Lipinski definition) is 0. The number of para-hydroxylation sites is 1. The number of rotatable bonds is 2. The first-order valence-corrected chi connectivity index (χ1v) is 6.96. The third-order valence-electron chi connectivity index (χ3n) is 3.29. The Morgan fingerprint density at radius 2 is 1.70 bits per heavy atom. The number of nitrogens with zero attached hydrogens (tertiary/aromatic N) is 2. The second-order valence-corrected chi connectivity index (χ2v) is 5.17. The summed E-state index contributed by atoms with van der Waals surface area (Å²) in [7, 11) is 1.50. The molecule has 118 valence electrons. The van der Waals surface area contributed by atoms with Crippen LogP contribution < -0.4 is 4.74 Å². The molecule has 23 heavy (non-hydrogen) atoms. The Bertz CT molecular complexity index is 864. The van der Waals surface area contributed by atoms with E-state index in [0.29, 0.717) is 11.3 Å². The Hall–Kier alpha value is -2.34. The van der Waals surface area contributed by atoms with Crippen LogP contribution in [-0.2, 0) is 6.18 Å². The molecule has 1 aromatic heterocycles. The summed E-state index contributed by atoms with van der Waals surface area (Å²) in [6.45, 7) is 0. The summed E-state index contributed by atoms with van der Waals surface area (Å²) in [4.78, 5) is 7.89. The first kappa shape index (κ1) is 15.6. The van der Waals surface area contributed by atoms with Crippen LogP contribution in [0.25, 0.3) is 22.3 Å². The van der Waals surface area contributed by atoms with Gasteiger partial charge in [-0.05, 0) is 30.3 Å². The van der Waals surface area contributed by atoms with Gasteiger partial charge in [0.05, 0.1) is 17.6 Å². The average Bonchev–Trinajstić information content (AvgIpc) is 2.53. The van der Waals surface area contributed by atoms with Crippen LogP contribution in [0, 0.1) is 0 Å². The first-order chi connectivity index (χ1) is 10.9. The smallest absolute Gasteiger partial charge is 0.434 e. The van der Waals surface area contributed by atoms with Crippen LogP contribution in [0.15, 0.2) is 42.5 Å². The molecular formula is C16H10ClF3N2O. The Kier molecular flexibility index (Phi) is 3.85.